The molecule has 0 fully saturated rings. The van der Waals surface area contributed by atoms with Gasteiger partial charge >= 0.3 is 11.8 Å². The first kappa shape index (κ1) is 19.6. The molecule has 3 N–H and O–H groups in total. The highest BCUT2D eigenvalue weighted by molar-refractivity contribution is 6.44. The number of carbonyl (C=O) groups is 3. The number of amides is 3. The van der Waals surface area contributed by atoms with E-state index in [0.29, 0.717) is 17.1 Å². The number of anilines is 2. The first-order valence-corrected chi connectivity index (χ1v) is 8.13. The van der Waals surface area contributed by atoms with Crippen LogP contribution in [-0.2, 0) is 14.4 Å². The van der Waals surface area contributed by atoms with Crippen LogP contribution in [0.3, 0.4) is 0 Å². The van der Waals surface area contributed by atoms with Crippen molar-refractivity contribution in [2.24, 2.45) is 0 Å². The smallest absolute Gasteiger partial charge is 0.313 e. The Bertz CT molecular complexity index is 825. The maximum Gasteiger partial charge on any atom is 0.313 e. The number of benzene rings is 2. The molecule has 3 amide bonds. The van der Waals surface area contributed by atoms with Crippen molar-refractivity contribution in [1.82, 2.24) is 5.32 Å². The molecule has 2 aromatic carbocycles. The van der Waals surface area contributed by atoms with E-state index in [4.69, 9.17) is 27.9 Å². The minimum Gasteiger partial charge on any atom is -0.497 e. The van der Waals surface area contributed by atoms with Crippen molar-refractivity contribution >= 4 is 52.3 Å². The van der Waals surface area contributed by atoms with E-state index in [1.54, 1.807) is 42.5 Å². The maximum absolute atomic E-state index is 11.9. The van der Waals surface area contributed by atoms with Gasteiger partial charge in [0.05, 0.1) is 29.4 Å². The Kier molecular flexibility index (Phi) is 6.82. The first-order chi connectivity index (χ1) is 12.4. The summed E-state index contributed by atoms with van der Waals surface area (Å²) in [5.74, 6) is -1.79. The summed E-state index contributed by atoms with van der Waals surface area (Å²) in [5, 5.41) is 7.58. The Morgan fingerprint density at radius 2 is 1.65 bits per heavy atom. The normalized spacial score (nSPS) is 9.96. The molecule has 0 aromatic heterocycles. The van der Waals surface area contributed by atoms with Crippen molar-refractivity contribution in [3.63, 3.8) is 0 Å². The van der Waals surface area contributed by atoms with Gasteiger partial charge < -0.3 is 20.7 Å². The molecule has 0 bridgehead atoms. The second-order valence-electron chi connectivity index (χ2n) is 5.01. The fraction of sp³-hybridized carbons (Fsp3) is 0.118. The molecule has 136 valence electrons. The molecular weight excluding hydrogens is 381 g/mol. The molecule has 0 aliphatic heterocycles. The topological polar surface area (TPSA) is 96.5 Å². The third-order valence-electron chi connectivity index (χ3n) is 3.19. The molecule has 26 heavy (non-hydrogen) atoms. The van der Waals surface area contributed by atoms with Gasteiger partial charge in [0.1, 0.15) is 5.75 Å². The summed E-state index contributed by atoms with van der Waals surface area (Å²) in [5.41, 5.74) is 0.724. The number of nitrogens with one attached hydrogen (secondary N) is 3. The Morgan fingerprint density at radius 1 is 0.962 bits per heavy atom. The van der Waals surface area contributed by atoms with Crippen LogP contribution in [0.5, 0.6) is 5.75 Å². The second-order valence-corrected chi connectivity index (χ2v) is 5.80. The number of methoxy groups -OCH3 is 1. The average Bonchev–Trinajstić information content (AvgIpc) is 2.64. The van der Waals surface area contributed by atoms with E-state index in [9.17, 15) is 14.4 Å². The lowest BCUT2D eigenvalue weighted by Crippen LogP contribution is -2.39. The molecule has 0 unspecified atom stereocenters. The van der Waals surface area contributed by atoms with Crippen LogP contribution in [0.2, 0.25) is 10.0 Å². The van der Waals surface area contributed by atoms with Crippen molar-refractivity contribution in [1.29, 1.82) is 0 Å². The average molecular weight is 396 g/mol. The minimum absolute atomic E-state index is 0.186. The summed E-state index contributed by atoms with van der Waals surface area (Å²) in [6.45, 7) is -0.405. The van der Waals surface area contributed by atoms with Crippen LogP contribution < -0.4 is 20.7 Å². The van der Waals surface area contributed by atoms with Gasteiger partial charge in [0.15, 0.2) is 0 Å². The van der Waals surface area contributed by atoms with E-state index in [-0.39, 0.29) is 10.0 Å². The van der Waals surface area contributed by atoms with Crippen LogP contribution in [-0.4, -0.2) is 31.4 Å². The summed E-state index contributed by atoms with van der Waals surface area (Å²) in [6, 6.07) is 11.2. The Labute approximate surface area is 159 Å². The summed E-state index contributed by atoms with van der Waals surface area (Å²) in [7, 11) is 1.52. The third kappa shape index (κ3) is 5.37. The molecule has 0 spiro atoms. The van der Waals surface area contributed by atoms with Gasteiger partial charge in [-0.15, -0.1) is 0 Å². The van der Waals surface area contributed by atoms with E-state index >= 15 is 0 Å². The Hall–Kier alpha value is -2.77. The monoisotopic (exact) mass is 395 g/mol. The highest BCUT2D eigenvalue weighted by Crippen LogP contribution is 2.29. The van der Waals surface area contributed by atoms with Gasteiger partial charge in [-0.25, -0.2) is 0 Å². The quantitative estimate of drug-likeness (QED) is 0.678. The second kappa shape index (κ2) is 9.07. The number of carbonyl (C=O) groups excluding carboxylic acids is 3. The molecule has 0 aliphatic carbocycles. The summed E-state index contributed by atoms with van der Waals surface area (Å²) in [4.78, 5) is 35.4. The zero-order valence-corrected chi connectivity index (χ0v) is 15.1. The number of ether oxygens (including phenoxy) is 1. The molecule has 2 rings (SSSR count). The fourth-order valence-corrected chi connectivity index (χ4v) is 2.25. The zero-order chi connectivity index (χ0) is 19.1. The molecule has 0 saturated carbocycles. The van der Waals surface area contributed by atoms with Gasteiger partial charge in [-0.3, -0.25) is 14.4 Å². The summed E-state index contributed by atoms with van der Waals surface area (Å²) in [6.07, 6.45) is 0. The predicted octanol–water partition coefficient (Wildman–Crippen LogP) is 2.70. The van der Waals surface area contributed by atoms with Crippen molar-refractivity contribution in [3.8, 4) is 5.75 Å². The molecule has 0 saturated heterocycles. The highest BCUT2D eigenvalue weighted by atomic mass is 35.5. The van der Waals surface area contributed by atoms with Gasteiger partial charge in [0.2, 0.25) is 5.91 Å². The van der Waals surface area contributed by atoms with E-state index in [0.717, 1.165) is 0 Å². The van der Waals surface area contributed by atoms with Gasteiger partial charge in [0.25, 0.3) is 0 Å². The minimum atomic E-state index is -0.951. The van der Waals surface area contributed by atoms with Crippen molar-refractivity contribution in [2.75, 3.05) is 24.3 Å². The Morgan fingerprint density at radius 3 is 2.31 bits per heavy atom. The van der Waals surface area contributed by atoms with Crippen molar-refractivity contribution in [3.05, 3.63) is 52.5 Å². The number of hydrogen-bond acceptors (Lipinski definition) is 4. The lowest BCUT2D eigenvalue weighted by Gasteiger charge is -2.09. The highest BCUT2D eigenvalue weighted by Gasteiger charge is 2.15. The van der Waals surface area contributed by atoms with Crippen LogP contribution in [0.25, 0.3) is 0 Å². The third-order valence-corrected chi connectivity index (χ3v) is 4.01. The molecular formula is C17H15Cl2N3O4. The molecule has 2 aromatic rings. The van der Waals surface area contributed by atoms with Crippen LogP contribution in [0.1, 0.15) is 0 Å². The largest absolute Gasteiger partial charge is 0.497 e. The van der Waals surface area contributed by atoms with E-state index in [1.165, 1.54) is 7.11 Å². The number of rotatable bonds is 5. The number of hydrogen-bond donors (Lipinski definition) is 3. The van der Waals surface area contributed by atoms with Crippen molar-refractivity contribution < 1.29 is 19.1 Å². The van der Waals surface area contributed by atoms with Crippen LogP contribution in [0.15, 0.2) is 42.5 Å². The van der Waals surface area contributed by atoms with Crippen molar-refractivity contribution in [2.45, 2.75) is 0 Å². The summed E-state index contributed by atoms with van der Waals surface area (Å²) < 4.78 is 5.00. The lowest BCUT2D eigenvalue weighted by atomic mass is 10.3. The van der Waals surface area contributed by atoms with E-state index in [1.807, 2.05) is 0 Å². The molecule has 0 atom stereocenters. The van der Waals surface area contributed by atoms with Crippen LogP contribution >= 0.6 is 23.2 Å². The fourth-order valence-electron chi connectivity index (χ4n) is 1.90. The van der Waals surface area contributed by atoms with Gasteiger partial charge in [-0.1, -0.05) is 29.3 Å². The van der Waals surface area contributed by atoms with E-state index in [2.05, 4.69) is 16.0 Å². The van der Waals surface area contributed by atoms with Gasteiger partial charge in [-0.05, 0) is 36.4 Å². The SMILES string of the molecule is COc1ccc(NC(=O)C(=O)NCC(=O)Nc2cccc(Cl)c2Cl)cc1. The molecule has 0 radical (unpaired) electrons. The maximum atomic E-state index is 11.9. The summed E-state index contributed by atoms with van der Waals surface area (Å²) >= 11 is 11.8. The van der Waals surface area contributed by atoms with E-state index < -0.39 is 24.3 Å². The molecule has 9 heteroatoms. The van der Waals surface area contributed by atoms with Gasteiger partial charge in [-0.2, -0.15) is 0 Å². The predicted molar refractivity (Wildman–Crippen MR) is 99.7 cm³/mol. The Balaban J connectivity index is 1.83. The molecule has 0 aliphatic rings. The zero-order valence-electron chi connectivity index (χ0n) is 13.6. The van der Waals surface area contributed by atoms with Crippen LogP contribution in [0.4, 0.5) is 11.4 Å². The number of halogens is 2. The van der Waals surface area contributed by atoms with Gasteiger partial charge in [0, 0.05) is 5.69 Å². The molecule has 0 heterocycles. The first-order valence-electron chi connectivity index (χ1n) is 7.38. The molecule has 7 nitrogen and oxygen atoms in total. The lowest BCUT2D eigenvalue weighted by molar-refractivity contribution is -0.136. The van der Waals surface area contributed by atoms with Crippen LogP contribution in [0, 0.1) is 0 Å². The standard InChI is InChI=1S/C17H15Cl2N3O4/c1-26-11-7-5-10(6-8-11)21-17(25)16(24)20-9-14(23)22-13-4-2-3-12(18)15(13)19/h2-8H,9H2,1H3,(H,20,24)(H,21,25)(H,22,23).